The van der Waals surface area contributed by atoms with E-state index in [0.29, 0.717) is 73.4 Å². The minimum atomic E-state index is -4.76. The predicted octanol–water partition coefficient (Wildman–Crippen LogP) is 21.3. The fourth-order valence-electron chi connectivity index (χ4n) is 12.5. The third kappa shape index (κ3) is 9.99. The quantitative estimate of drug-likeness (QED) is 0.127. The van der Waals surface area contributed by atoms with Crippen molar-refractivity contribution in [1.82, 2.24) is 24.1 Å². The van der Waals surface area contributed by atoms with Gasteiger partial charge in [0.1, 0.15) is 0 Å². The zero-order valence-electron chi connectivity index (χ0n) is 48.6. The van der Waals surface area contributed by atoms with Crippen molar-refractivity contribution in [3.63, 3.8) is 0 Å². The Bertz CT molecular complexity index is 5410. The summed E-state index contributed by atoms with van der Waals surface area (Å²) >= 11 is 0. The first-order valence-electron chi connectivity index (χ1n) is 29.4. The molecule has 0 atom stereocenters. The van der Waals surface area contributed by atoms with Gasteiger partial charge in [-0.3, -0.25) is 0 Å². The van der Waals surface area contributed by atoms with Crippen LogP contribution in [0.1, 0.15) is 16.7 Å². The maximum Gasteiger partial charge on any atom is 0.416 e. The van der Waals surface area contributed by atoms with Crippen molar-refractivity contribution in [3.8, 4) is 113 Å². The Labute approximate surface area is 526 Å². The van der Waals surface area contributed by atoms with E-state index in [2.05, 4.69) is 38.5 Å². The number of alkyl halides is 3. The smallest absolute Gasteiger partial charge is 0.309 e. The number of hydrogen-bond donors (Lipinski definition) is 0. The fraction of sp³-hybridized carbons (Fsp3) is 0.0125. The third-order valence-electron chi connectivity index (χ3n) is 16.8. The Balaban J connectivity index is 1.05. The van der Waals surface area contributed by atoms with Gasteiger partial charge in [-0.2, -0.15) is 23.7 Å². The maximum absolute atomic E-state index is 15.7. The zero-order chi connectivity index (χ0) is 62.6. The van der Waals surface area contributed by atoms with Gasteiger partial charge in [0.15, 0.2) is 28.8 Å². The average Bonchev–Trinajstić information content (AvgIpc) is 1.55. The normalized spacial score (nSPS) is 11.4. The summed E-state index contributed by atoms with van der Waals surface area (Å²) in [6.45, 7) is 15.7. The van der Waals surface area contributed by atoms with Gasteiger partial charge in [0, 0.05) is 49.4 Å². The summed E-state index contributed by atoms with van der Waals surface area (Å²) in [5.74, 6) is 1.25. The molecule has 0 bridgehead atoms. The molecule has 430 valence electrons. The van der Waals surface area contributed by atoms with Crippen LogP contribution in [-0.4, -0.2) is 24.1 Å². The zero-order valence-corrected chi connectivity index (χ0v) is 48.6. The average molecular weight is 1190 g/mol. The van der Waals surface area contributed by atoms with Crippen LogP contribution >= 0.6 is 0 Å². The van der Waals surface area contributed by atoms with Gasteiger partial charge >= 0.3 is 6.18 Å². The van der Waals surface area contributed by atoms with Crippen LogP contribution in [0.25, 0.3) is 154 Å². The van der Waals surface area contributed by atoms with E-state index in [-0.39, 0.29) is 5.69 Å². The molecule has 0 amide bonds. The molecule has 0 unspecified atom stereocenters. The number of fused-ring (bicyclic) bond motifs is 6. The first-order valence-corrected chi connectivity index (χ1v) is 29.4. The van der Waals surface area contributed by atoms with Crippen molar-refractivity contribution < 1.29 is 13.2 Å². The molecule has 3 aromatic heterocycles. The van der Waals surface area contributed by atoms with E-state index in [0.717, 1.165) is 94.3 Å². The Morgan fingerprint density at radius 2 is 0.663 bits per heavy atom. The van der Waals surface area contributed by atoms with Gasteiger partial charge in [-0.1, -0.05) is 164 Å². The van der Waals surface area contributed by atoms with Crippen molar-refractivity contribution in [3.05, 3.63) is 306 Å². The highest BCUT2D eigenvalue weighted by Crippen LogP contribution is 2.47. The number of rotatable bonds is 10. The predicted molar refractivity (Wildman–Crippen MR) is 359 cm³/mol. The summed E-state index contributed by atoms with van der Waals surface area (Å²) in [6.07, 6.45) is -4.76. The molecule has 0 radical (unpaired) electrons. The van der Waals surface area contributed by atoms with Crippen LogP contribution in [0.5, 0.6) is 0 Å². The third-order valence-corrected chi connectivity index (χ3v) is 16.8. The molecule has 0 aliphatic heterocycles. The SMILES string of the molecule is [C-]#[N+]c1cccc(-c2ccc3c(c2)c2cc(-c4cccc([N+]#[C-])c4)ccc2n3-c2cc(-c3nc(-c4ccccc4)nc(-c4ccccc4)n3)ccc2-c2ccc(C(F)(F)F)cc2-n2c3ccc(-c4cccc(C#N)c4)cc3c3cc(-c4cccc(C#N)c4)ccc32)c1. The minimum absolute atomic E-state index is 0.245. The summed E-state index contributed by atoms with van der Waals surface area (Å²) in [5.41, 5.74) is 14.5. The first-order chi connectivity index (χ1) is 45.0. The molecule has 0 saturated carbocycles. The molecule has 0 fully saturated rings. The lowest BCUT2D eigenvalue weighted by atomic mass is 9.96. The Morgan fingerprint density at radius 1 is 0.326 bits per heavy atom. The van der Waals surface area contributed by atoms with Crippen LogP contribution in [0, 0.1) is 35.8 Å². The lowest BCUT2D eigenvalue weighted by Crippen LogP contribution is -2.08. The highest BCUT2D eigenvalue weighted by molar-refractivity contribution is 6.14. The number of nitrogens with zero attached hydrogens (tertiary/aromatic N) is 9. The second kappa shape index (κ2) is 22.6. The standard InChI is InChI=1S/C80H44F3N9/c1-86-63-23-11-21-55(39-63)59-28-35-71-69(43-59)70-44-60(56-22-12-24-64(40-56)87-2)29-36-72(70)91(71)75-45-61(79-89-77(51-15-5-3-6-16-51)88-78(90-79)52-17-7-4-8-18-52)25-31-65(75)66-32-30-62(80(81,82)83)46-76(66)92-73-33-26-57(53-19-9-13-49(37-53)47-84)41-67(73)68-42-58(27-34-74(68)92)54-20-10-14-50(38-54)48-85/h3-46H. The molecule has 15 rings (SSSR count). The monoisotopic (exact) mass is 1190 g/mol. The molecule has 0 N–H and O–H groups in total. The van der Waals surface area contributed by atoms with Crippen LogP contribution in [0.2, 0.25) is 0 Å². The molecular formula is C80H44F3N9. The molecule has 9 nitrogen and oxygen atoms in total. The lowest BCUT2D eigenvalue weighted by Gasteiger charge is -2.21. The van der Waals surface area contributed by atoms with E-state index in [4.69, 9.17) is 28.1 Å². The van der Waals surface area contributed by atoms with Crippen molar-refractivity contribution >= 4 is 55.0 Å². The van der Waals surface area contributed by atoms with Crippen LogP contribution in [0.3, 0.4) is 0 Å². The summed E-state index contributed by atoms with van der Waals surface area (Å²) in [6, 6.07) is 87.2. The van der Waals surface area contributed by atoms with Crippen molar-refractivity contribution in [2.45, 2.75) is 6.18 Å². The summed E-state index contributed by atoms with van der Waals surface area (Å²) < 4.78 is 51.1. The van der Waals surface area contributed by atoms with E-state index < -0.39 is 11.7 Å². The Hall–Kier alpha value is -13.0. The maximum atomic E-state index is 15.7. The molecule has 0 aliphatic carbocycles. The molecule has 3 heterocycles. The van der Waals surface area contributed by atoms with Gasteiger partial charge in [-0.25, -0.2) is 24.6 Å². The molecule has 12 aromatic carbocycles. The van der Waals surface area contributed by atoms with Crippen LogP contribution in [-0.2, 0) is 6.18 Å². The number of hydrogen-bond acceptors (Lipinski definition) is 5. The van der Waals surface area contributed by atoms with Crippen molar-refractivity contribution in [2.24, 2.45) is 0 Å². The largest absolute Gasteiger partial charge is 0.416 e. The topological polar surface area (TPSA) is 105 Å². The molecule has 12 heteroatoms. The van der Waals surface area contributed by atoms with Crippen molar-refractivity contribution in [1.29, 1.82) is 10.5 Å². The number of halogens is 3. The number of benzene rings is 12. The Morgan fingerprint density at radius 3 is 1.05 bits per heavy atom. The van der Waals surface area contributed by atoms with Gasteiger partial charge < -0.3 is 9.13 Å². The molecular weight excluding hydrogens is 1140 g/mol. The van der Waals surface area contributed by atoms with Gasteiger partial charge in [0.2, 0.25) is 0 Å². The van der Waals surface area contributed by atoms with E-state index in [1.807, 2.05) is 217 Å². The second-order valence-electron chi connectivity index (χ2n) is 22.3. The minimum Gasteiger partial charge on any atom is -0.309 e. The van der Waals surface area contributed by atoms with E-state index in [9.17, 15) is 10.5 Å². The highest BCUT2D eigenvalue weighted by atomic mass is 19.4. The second-order valence-corrected chi connectivity index (χ2v) is 22.3. The molecule has 0 aliphatic rings. The molecule has 0 spiro atoms. The number of nitriles is 2. The fourth-order valence-corrected chi connectivity index (χ4v) is 12.5. The van der Waals surface area contributed by atoms with E-state index in [1.165, 1.54) is 6.07 Å². The number of aromatic nitrogens is 5. The lowest BCUT2D eigenvalue weighted by molar-refractivity contribution is -0.137. The molecule has 92 heavy (non-hydrogen) atoms. The Kier molecular flexibility index (Phi) is 13.7. The summed E-state index contributed by atoms with van der Waals surface area (Å²) in [4.78, 5) is 22.8. The molecule has 15 aromatic rings. The van der Waals surface area contributed by atoms with Gasteiger partial charge in [0.05, 0.1) is 75.4 Å². The van der Waals surface area contributed by atoms with Gasteiger partial charge in [-0.05, 0) is 148 Å². The van der Waals surface area contributed by atoms with E-state index >= 15 is 13.2 Å². The van der Waals surface area contributed by atoms with Crippen LogP contribution < -0.4 is 0 Å². The van der Waals surface area contributed by atoms with Crippen LogP contribution in [0.15, 0.2) is 267 Å². The van der Waals surface area contributed by atoms with Gasteiger partial charge in [0.25, 0.3) is 0 Å². The first kappa shape index (κ1) is 55.6. The molecule has 0 saturated heterocycles. The highest BCUT2D eigenvalue weighted by Gasteiger charge is 2.33. The van der Waals surface area contributed by atoms with Crippen molar-refractivity contribution in [2.75, 3.05) is 0 Å². The van der Waals surface area contributed by atoms with Gasteiger partial charge in [-0.15, -0.1) is 0 Å². The summed E-state index contributed by atoms with van der Waals surface area (Å²) in [7, 11) is 0. The van der Waals surface area contributed by atoms with E-state index in [1.54, 1.807) is 30.3 Å². The summed E-state index contributed by atoms with van der Waals surface area (Å²) in [5, 5.41) is 23.1. The van der Waals surface area contributed by atoms with Crippen LogP contribution in [0.4, 0.5) is 24.5 Å².